The number of rotatable bonds is 3. The number of para-hydroxylation sites is 2. The third kappa shape index (κ3) is 4.38. The van der Waals surface area contributed by atoms with Crippen molar-refractivity contribution < 1.29 is 0 Å². The first-order valence-electron chi connectivity index (χ1n) is 22.1. The summed E-state index contributed by atoms with van der Waals surface area (Å²) in [5.41, 5.74) is 18.9. The van der Waals surface area contributed by atoms with E-state index in [0.717, 1.165) is 0 Å². The van der Waals surface area contributed by atoms with Crippen LogP contribution in [0.15, 0.2) is 212 Å². The highest BCUT2D eigenvalue weighted by molar-refractivity contribution is 7.26. The van der Waals surface area contributed by atoms with Gasteiger partial charge in [0.25, 0.3) is 0 Å². The quantitative estimate of drug-likeness (QED) is 0.167. The Morgan fingerprint density at radius 3 is 1.16 bits per heavy atom. The second-order valence-corrected chi connectivity index (χ2v) is 19.5. The summed E-state index contributed by atoms with van der Waals surface area (Å²) in [6.45, 7) is 0. The van der Waals surface area contributed by atoms with Gasteiger partial charge >= 0.3 is 0 Å². The molecule has 10 aromatic carbocycles. The van der Waals surface area contributed by atoms with E-state index >= 15 is 0 Å². The van der Waals surface area contributed by atoms with E-state index in [1.54, 1.807) is 0 Å². The Kier molecular flexibility index (Phi) is 6.97. The van der Waals surface area contributed by atoms with Crippen LogP contribution in [0.2, 0.25) is 0 Å². The molecule has 3 heterocycles. The molecule has 2 aliphatic carbocycles. The van der Waals surface area contributed by atoms with Crippen LogP contribution in [0.1, 0.15) is 22.3 Å². The molecule has 15 rings (SSSR count). The molecule has 0 saturated heterocycles. The van der Waals surface area contributed by atoms with Gasteiger partial charge in [0, 0.05) is 79.1 Å². The summed E-state index contributed by atoms with van der Waals surface area (Å²) in [5, 5.41) is 7.77. The molecule has 13 aromatic rings. The van der Waals surface area contributed by atoms with Gasteiger partial charge in [0.2, 0.25) is 0 Å². The Balaban J connectivity index is 1.10. The lowest BCUT2D eigenvalue weighted by Gasteiger charge is -2.30. The van der Waals surface area contributed by atoms with Gasteiger partial charge in [-0.25, -0.2) is 0 Å². The Morgan fingerprint density at radius 2 is 0.656 bits per heavy atom. The molecule has 1 spiro atoms. The molecule has 3 aromatic heterocycles. The first-order chi connectivity index (χ1) is 31.8. The first-order valence-corrected chi connectivity index (χ1v) is 23.7. The summed E-state index contributed by atoms with van der Waals surface area (Å²) < 4.78 is 7.92. The van der Waals surface area contributed by atoms with E-state index in [1.165, 1.54) is 135 Å². The Labute approximate surface area is 377 Å². The zero-order valence-electron chi connectivity index (χ0n) is 34.5. The fraction of sp³-hybridized carbons (Fsp3) is 0.0164. The molecule has 0 radical (unpaired) electrons. The predicted molar refractivity (Wildman–Crippen MR) is 274 cm³/mol. The van der Waals surface area contributed by atoms with Gasteiger partial charge in [0.05, 0.1) is 16.4 Å². The van der Waals surface area contributed by atoms with Crippen LogP contribution >= 0.6 is 22.7 Å². The van der Waals surface area contributed by atoms with E-state index in [2.05, 4.69) is 217 Å². The Bertz CT molecular complexity index is 3920. The van der Waals surface area contributed by atoms with Crippen molar-refractivity contribution in [1.29, 1.82) is 0 Å². The molecule has 0 amide bonds. The predicted octanol–water partition coefficient (Wildman–Crippen LogP) is 17.2. The highest BCUT2D eigenvalue weighted by atomic mass is 32.1. The number of hydrogen-bond donors (Lipinski definition) is 0. The number of hydrogen-bond acceptors (Lipinski definition) is 2. The summed E-state index contributed by atoms with van der Waals surface area (Å²) in [5.74, 6) is 0. The van der Waals surface area contributed by atoms with Crippen molar-refractivity contribution in [3.8, 4) is 50.2 Å². The number of nitrogens with zero attached hydrogens (tertiary/aromatic N) is 1. The van der Waals surface area contributed by atoms with Crippen LogP contribution in [0.3, 0.4) is 0 Å². The van der Waals surface area contributed by atoms with E-state index < -0.39 is 5.41 Å². The molecule has 1 nitrogen and oxygen atoms in total. The maximum atomic E-state index is 2.64. The third-order valence-electron chi connectivity index (χ3n) is 14.4. The molecular weight excluding hydrogens is 811 g/mol. The van der Waals surface area contributed by atoms with Crippen LogP contribution < -0.4 is 0 Å². The van der Waals surface area contributed by atoms with E-state index in [0.29, 0.717) is 0 Å². The molecule has 0 atom stereocenters. The zero-order chi connectivity index (χ0) is 41.7. The first kappa shape index (κ1) is 35.0. The molecule has 2 aliphatic rings. The van der Waals surface area contributed by atoms with Crippen molar-refractivity contribution in [3.63, 3.8) is 0 Å². The van der Waals surface area contributed by atoms with Crippen molar-refractivity contribution in [2.24, 2.45) is 0 Å². The van der Waals surface area contributed by atoms with Gasteiger partial charge in [-0.15, -0.1) is 22.7 Å². The summed E-state index contributed by atoms with van der Waals surface area (Å²) >= 11 is 3.81. The largest absolute Gasteiger partial charge is 0.308 e. The summed E-state index contributed by atoms with van der Waals surface area (Å²) in [6, 6.07) is 80.2. The fourth-order valence-electron chi connectivity index (χ4n) is 11.9. The summed E-state index contributed by atoms with van der Waals surface area (Å²) in [4.78, 5) is 0. The van der Waals surface area contributed by atoms with Gasteiger partial charge in [-0.2, -0.15) is 0 Å². The lowest BCUT2D eigenvalue weighted by Crippen LogP contribution is -2.26. The van der Waals surface area contributed by atoms with Gasteiger partial charge in [-0.3, -0.25) is 0 Å². The zero-order valence-corrected chi connectivity index (χ0v) is 36.1. The second kappa shape index (κ2) is 12.8. The van der Waals surface area contributed by atoms with Crippen LogP contribution in [-0.4, -0.2) is 4.57 Å². The van der Waals surface area contributed by atoms with Crippen LogP contribution in [-0.2, 0) is 5.41 Å². The molecule has 0 fully saturated rings. The minimum Gasteiger partial charge on any atom is -0.308 e. The van der Waals surface area contributed by atoms with E-state index in [-0.39, 0.29) is 0 Å². The molecule has 0 aliphatic heterocycles. The minimum absolute atomic E-state index is 0.453. The summed E-state index contributed by atoms with van der Waals surface area (Å²) in [6.07, 6.45) is 0. The van der Waals surface area contributed by atoms with Gasteiger partial charge in [0.1, 0.15) is 0 Å². The molecular formula is C61H35NS2. The summed E-state index contributed by atoms with van der Waals surface area (Å²) in [7, 11) is 0. The highest BCUT2D eigenvalue weighted by Gasteiger charge is 2.51. The van der Waals surface area contributed by atoms with Crippen LogP contribution in [0.5, 0.6) is 0 Å². The second-order valence-electron chi connectivity index (χ2n) is 17.4. The minimum atomic E-state index is -0.453. The maximum Gasteiger partial charge on any atom is 0.0726 e. The van der Waals surface area contributed by atoms with Crippen LogP contribution in [0.4, 0.5) is 0 Å². The number of aromatic nitrogens is 1. The normalized spacial score (nSPS) is 13.4. The number of thiophene rings is 2. The number of benzene rings is 10. The van der Waals surface area contributed by atoms with Gasteiger partial charge < -0.3 is 4.57 Å². The smallest absolute Gasteiger partial charge is 0.0726 e. The van der Waals surface area contributed by atoms with Crippen LogP contribution in [0.25, 0.3) is 112 Å². The van der Waals surface area contributed by atoms with Crippen molar-refractivity contribution in [3.05, 3.63) is 235 Å². The molecule has 296 valence electrons. The Hall–Kier alpha value is -7.56. The molecule has 0 N–H and O–H groups in total. The fourth-order valence-corrected chi connectivity index (χ4v) is 14.4. The van der Waals surface area contributed by atoms with Crippen molar-refractivity contribution in [2.75, 3.05) is 0 Å². The van der Waals surface area contributed by atoms with Gasteiger partial charge in [0.15, 0.2) is 0 Å². The monoisotopic (exact) mass is 845 g/mol. The SMILES string of the molecule is c1ccc2c(c1)-c1ccccc1C21c2ccccc2-c2ccc(-n3c4c(-c5cccc6c5sc5ccccc56)cccc4c4cccc(-c5cccc6c5sc5ccccc56)c43)cc21. The van der Waals surface area contributed by atoms with Crippen molar-refractivity contribution in [2.45, 2.75) is 5.41 Å². The van der Waals surface area contributed by atoms with E-state index in [1.807, 2.05) is 22.7 Å². The molecule has 0 saturated carbocycles. The maximum absolute atomic E-state index is 2.64. The topological polar surface area (TPSA) is 4.93 Å². The van der Waals surface area contributed by atoms with Gasteiger partial charge in [-0.1, -0.05) is 188 Å². The molecule has 0 bridgehead atoms. The molecule has 64 heavy (non-hydrogen) atoms. The lowest BCUT2D eigenvalue weighted by molar-refractivity contribution is 0.792. The van der Waals surface area contributed by atoms with Gasteiger partial charge in [-0.05, 0) is 68.8 Å². The number of fused-ring (bicyclic) bond motifs is 19. The third-order valence-corrected chi connectivity index (χ3v) is 16.9. The van der Waals surface area contributed by atoms with Crippen molar-refractivity contribution in [1.82, 2.24) is 4.57 Å². The average molecular weight is 846 g/mol. The highest BCUT2D eigenvalue weighted by Crippen LogP contribution is 2.63. The van der Waals surface area contributed by atoms with E-state index in [9.17, 15) is 0 Å². The molecule has 0 unspecified atom stereocenters. The average Bonchev–Trinajstić information content (AvgIpc) is 4.16. The van der Waals surface area contributed by atoms with Crippen LogP contribution in [0, 0.1) is 0 Å². The standard InChI is InChI=1S/C61H35NS2/c1-6-28-51-37(15-1)38-16-2-7-29-52(38)61(51)53-30-8-3-17-39(53)40-34-33-36(35-54(40)61)62-57-43(20-11-22-45(57)49-26-13-24-47-41-18-4-9-31-55(41)63-59(47)49)44-21-12-23-46(58(44)62)50-27-14-25-48-42-19-5-10-32-56(42)64-60(48)50/h1-35H. The Morgan fingerprint density at radius 1 is 0.281 bits per heavy atom. The lowest BCUT2D eigenvalue weighted by atomic mass is 9.70. The van der Waals surface area contributed by atoms with Crippen molar-refractivity contribution >= 4 is 84.8 Å². The molecule has 3 heteroatoms. The van der Waals surface area contributed by atoms with E-state index in [4.69, 9.17) is 0 Å².